The predicted molar refractivity (Wildman–Crippen MR) is 89.6 cm³/mol. The normalized spacial score (nSPS) is 41.4. The number of hydrogen-bond donors (Lipinski definition) is 0. The molecule has 0 N–H and O–H groups in total. The predicted octanol–water partition coefficient (Wildman–Crippen LogP) is 3.68. The Morgan fingerprint density at radius 2 is 1.55 bits per heavy atom. The number of nitrogens with zero attached hydrogens (tertiary/aromatic N) is 1. The molecule has 1 aliphatic heterocycles. The fourth-order valence-electron chi connectivity index (χ4n) is 6.13. The molecule has 4 bridgehead atoms. The van der Waals surface area contributed by atoms with E-state index in [9.17, 15) is 4.21 Å². The lowest BCUT2D eigenvalue weighted by atomic mass is 9.56. The molecule has 5 aliphatic rings. The Labute approximate surface area is 135 Å². The van der Waals surface area contributed by atoms with Gasteiger partial charge in [-0.25, -0.2) is 8.51 Å². The van der Waals surface area contributed by atoms with Gasteiger partial charge in [-0.2, -0.15) is 0 Å². The highest BCUT2D eigenvalue weighted by Crippen LogP contribution is 2.58. The highest BCUT2D eigenvalue weighted by molar-refractivity contribution is 7.84. The van der Waals surface area contributed by atoms with Crippen molar-refractivity contribution in [1.29, 1.82) is 0 Å². The highest BCUT2D eigenvalue weighted by Gasteiger charge is 2.55. The van der Waals surface area contributed by atoms with Gasteiger partial charge in [-0.15, -0.1) is 0 Å². The maximum Gasteiger partial charge on any atom is 0.101 e. The smallest absolute Gasteiger partial charge is 0.101 e. The minimum Gasteiger partial charge on any atom is -0.242 e. The lowest BCUT2D eigenvalue weighted by Crippen LogP contribution is -2.56. The third kappa shape index (κ3) is 2.05. The molecular formula is C19H25NOS. The largest absolute Gasteiger partial charge is 0.242 e. The monoisotopic (exact) mass is 315 g/mol. The molecule has 0 radical (unpaired) electrons. The molecule has 22 heavy (non-hydrogen) atoms. The summed E-state index contributed by atoms with van der Waals surface area (Å²) in [5.41, 5.74) is 2.85. The Balaban J connectivity index is 1.41. The molecule has 2 nitrogen and oxygen atoms in total. The van der Waals surface area contributed by atoms with Gasteiger partial charge in [0.15, 0.2) is 0 Å². The molecule has 1 aromatic rings. The highest BCUT2D eigenvalue weighted by atomic mass is 32.2. The second kappa shape index (κ2) is 4.91. The summed E-state index contributed by atoms with van der Waals surface area (Å²) in [5.74, 6) is 2.65. The molecule has 0 amide bonds. The van der Waals surface area contributed by atoms with E-state index in [1.807, 2.05) is 0 Å². The molecule has 0 saturated heterocycles. The first-order chi connectivity index (χ1) is 10.7. The number of rotatable bonds is 2. The van der Waals surface area contributed by atoms with Crippen molar-refractivity contribution in [3.05, 3.63) is 35.4 Å². The molecule has 4 fully saturated rings. The van der Waals surface area contributed by atoms with Crippen LogP contribution in [0.15, 0.2) is 24.3 Å². The average Bonchev–Trinajstić information content (AvgIpc) is 2.52. The summed E-state index contributed by atoms with van der Waals surface area (Å²) in [6.07, 6.45) is 9.07. The van der Waals surface area contributed by atoms with Crippen molar-refractivity contribution in [2.45, 2.75) is 56.2 Å². The Morgan fingerprint density at radius 1 is 0.955 bits per heavy atom. The lowest BCUT2D eigenvalue weighted by molar-refractivity contribution is 0.0338. The van der Waals surface area contributed by atoms with Gasteiger partial charge in [0.05, 0.1) is 4.75 Å². The van der Waals surface area contributed by atoms with Gasteiger partial charge in [0.25, 0.3) is 0 Å². The van der Waals surface area contributed by atoms with E-state index in [1.165, 1.54) is 49.7 Å². The first kappa shape index (κ1) is 13.7. The van der Waals surface area contributed by atoms with Crippen LogP contribution in [0, 0.1) is 17.8 Å². The van der Waals surface area contributed by atoms with Crippen LogP contribution in [-0.2, 0) is 24.0 Å². The van der Waals surface area contributed by atoms with Crippen molar-refractivity contribution < 1.29 is 4.21 Å². The molecule has 1 atom stereocenters. The zero-order valence-corrected chi connectivity index (χ0v) is 14.0. The lowest BCUT2D eigenvalue weighted by Gasteiger charge is -2.56. The van der Waals surface area contributed by atoms with Gasteiger partial charge in [0.1, 0.15) is 11.0 Å². The maximum atomic E-state index is 13.5. The molecule has 1 aromatic carbocycles. The van der Waals surface area contributed by atoms with E-state index in [2.05, 4.69) is 28.6 Å². The Bertz CT molecular complexity index is 590. The van der Waals surface area contributed by atoms with Crippen molar-refractivity contribution in [3.8, 4) is 0 Å². The van der Waals surface area contributed by atoms with Gasteiger partial charge in [0.2, 0.25) is 0 Å². The van der Waals surface area contributed by atoms with Crippen LogP contribution >= 0.6 is 0 Å². The molecule has 0 aromatic heterocycles. The summed E-state index contributed by atoms with van der Waals surface area (Å²) >= 11 is 0. The Kier molecular flexibility index (Phi) is 3.07. The third-order valence-corrected chi connectivity index (χ3v) is 8.70. The van der Waals surface area contributed by atoms with Crippen LogP contribution in [0.2, 0.25) is 0 Å². The molecular weight excluding hydrogens is 290 g/mol. The fourth-order valence-corrected chi connectivity index (χ4v) is 8.33. The standard InChI is InChI=1S/C19H25NOS/c21-22(20-6-5-17-3-1-2-4-18(17)13-20)19-10-14-7-15(11-19)9-16(8-14)12-19/h1-4,14-16H,5-13H2. The summed E-state index contributed by atoms with van der Waals surface area (Å²) in [5, 5.41) is 0. The van der Waals surface area contributed by atoms with E-state index < -0.39 is 11.0 Å². The van der Waals surface area contributed by atoms with Crippen LogP contribution in [-0.4, -0.2) is 19.8 Å². The van der Waals surface area contributed by atoms with E-state index in [1.54, 1.807) is 0 Å². The molecule has 1 heterocycles. The minimum atomic E-state index is -0.785. The van der Waals surface area contributed by atoms with Crippen LogP contribution in [0.1, 0.15) is 49.7 Å². The quantitative estimate of drug-likeness (QED) is 0.815. The molecule has 118 valence electrons. The van der Waals surface area contributed by atoms with E-state index in [4.69, 9.17) is 0 Å². The summed E-state index contributed by atoms with van der Waals surface area (Å²) < 4.78 is 15.9. The number of fused-ring (bicyclic) bond motifs is 1. The Hall–Kier alpha value is -0.670. The SMILES string of the molecule is O=S(N1CCc2ccccc2C1)C12CC3CC(CC(C3)C1)C2. The summed E-state index contributed by atoms with van der Waals surface area (Å²) in [7, 11) is -0.785. The van der Waals surface area contributed by atoms with Crippen LogP contribution in [0.5, 0.6) is 0 Å². The molecule has 0 spiro atoms. The van der Waals surface area contributed by atoms with E-state index >= 15 is 0 Å². The van der Waals surface area contributed by atoms with Gasteiger partial charge in [-0.1, -0.05) is 24.3 Å². The summed E-state index contributed by atoms with van der Waals surface area (Å²) in [6.45, 7) is 1.87. The van der Waals surface area contributed by atoms with Crippen LogP contribution < -0.4 is 0 Å². The molecule has 6 rings (SSSR count). The van der Waals surface area contributed by atoms with Crippen molar-refractivity contribution in [3.63, 3.8) is 0 Å². The van der Waals surface area contributed by atoms with E-state index in [-0.39, 0.29) is 4.75 Å². The van der Waals surface area contributed by atoms with Crippen LogP contribution in [0.3, 0.4) is 0 Å². The topological polar surface area (TPSA) is 20.3 Å². The Morgan fingerprint density at radius 3 is 2.18 bits per heavy atom. The van der Waals surface area contributed by atoms with Gasteiger partial charge in [-0.05, 0) is 73.8 Å². The van der Waals surface area contributed by atoms with Gasteiger partial charge < -0.3 is 0 Å². The zero-order chi connectivity index (χ0) is 14.7. The number of benzene rings is 1. The van der Waals surface area contributed by atoms with Crippen LogP contribution in [0.4, 0.5) is 0 Å². The maximum absolute atomic E-state index is 13.5. The second-order valence-electron chi connectivity index (χ2n) is 8.23. The molecule has 4 aliphatic carbocycles. The summed E-state index contributed by atoms with van der Waals surface area (Å²) in [6, 6.07) is 8.71. The summed E-state index contributed by atoms with van der Waals surface area (Å²) in [4.78, 5) is 0. The molecule has 4 saturated carbocycles. The zero-order valence-electron chi connectivity index (χ0n) is 13.2. The van der Waals surface area contributed by atoms with Gasteiger partial charge in [0, 0.05) is 13.1 Å². The molecule has 3 heteroatoms. The van der Waals surface area contributed by atoms with Crippen molar-refractivity contribution >= 4 is 11.0 Å². The third-order valence-electron chi connectivity index (χ3n) is 6.68. The first-order valence-electron chi connectivity index (χ1n) is 8.96. The van der Waals surface area contributed by atoms with Crippen molar-refractivity contribution in [1.82, 2.24) is 4.31 Å². The molecule has 1 unspecified atom stereocenters. The average molecular weight is 315 g/mol. The van der Waals surface area contributed by atoms with E-state index in [0.717, 1.165) is 37.3 Å². The van der Waals surface area contributed by atoms with Crippen molar-refractivity contribution in [2.75, 3.05) is 6.54 Å². The van der Waals surface area contributed by atoms with E-state index in [0.29, 0.717) is 0 Å². The van der Waals surface area contributed by atoms with Gasteiger partial charge >= 0.3 is 0 Å². The first-order valence-corrected chi connectivity index (χ1v) is 10.1. The number of hydrogen-bond acceptors (Lipinski definition) is 1. The minimum absolute atomic E-state index is 0.140. The fraction of sp³-hybridized carbons (Fsp3) is 0.684. The second-order valence-corrected chi connectivity index (χ2v) is 10.1. The van der Waals surface area contributed by atoms with Crippen LogP contribution in [0.25, 0.3) is 0 Å². The van der Waals surface area contributed by atoms with Crippen molar-refractivity contribution in [2.24, 2.45) is 17.8 Å². The van der Waals surface area contributed by atoms with Gasteiger partial charge in [-0.3, -0.25) is 0 Å².